The molecular weight excluding hydrogens is 234 g/mol. The van der Waals surface area contributed by atoms with Crippen LogP contribution in [-0.2, 0) is 6.54 Å². The molecule has 2 aromatic carbocycles. The van der Waals surface area contributed by atoms with Crippen molar-refractivity contribution in [1.29, 1.82) is 0 Å². The van der Waals surface area contributed by atoms with Crippen molar-refractivity contribution in [3.05, 3.63) is 59.1 Å². The molecule has 0 amide bonds. The Balaban J connectivity index is 2.17. The lowest BCUT2D eigenvalue weighted by Crippen LogP contribution is -2.04. The Morgan fingerprint density at radius 3 is 2.53 bits per heavy atom. The van der Waals surface area contributed by atoms with E-state index in [9.17, 15) is 0 Å². The molecule has 0 aliphatic carbocycles. The fourth-order valence-corrected chi connectivity index (χ4v) is 1.80. The second-order valence-corrected chi connectivity index (χ2v) is 4.12. The summed E-state index contributed by atoms with van der Waals surface area (Å²) in [7, 11) is 1.91. The highest BCUT2D eigenvalue weighted by Gasteiger charge is 2.03. The van der Waals surface area contributed by atoms with Crippen LogP contribution in [0, 0.1) is 0 Å². The second-order valence-electron chi connectivity index (χ2n) is 3.71. The van der Waals surface area contributed by atoms with Crippen LogP contribution in [0.5, 0.6) is 11.5 Å². The lowest BCUT2D eigenvalue weighted by atomic mass is 10.2. The van der Waals surface area contributed by atoms with Gasteiger partial charge in [-0.25, -0.2) is 0 Å². The van der Waals surface area contributed by atoms with Crippen LogP contribution in [0.15, 0.2) is 48.5 Å². The first-order valence-corrected chi connectivity index (χ1v) is 5.83. The van der Waals surface area contributed by atoms with E-state index in [0.717, 1.165) is 17.9 Å². The van der Waals surface area contributed by atoms with Crippen LogP contribution >= 0.6 is 11.6 Å². The zero-order valence-corrected chi connectivity index (χ0v) is 10.4. The van der Waals surface area contributed by atoms with Gasteiger partial charge in [-0.2, -0.15) is 0 Å². The number of para-hydroxylation sites is 1. The molecule has 0 unspecified atom stereocenters. The van der Waals surface area contributed by atoms with Gasteiger partial charge in [0.2, 0.25) is 0 Å². The molecule has 2 aromatic rings. The van der Waals surface area contributed by atoms with E-state index in [2.05, 4.69) is 5.32 Å². The Kier molecular flexibility index (Phi) is 4.02. The van der Waals surface area contributed by atoms with Crippen LogP contribution in [0.2, 0.25) is 5.02 Å². The molecule has 0 bridgehead atoms. The van der Waals surface area contributed by atoms with E-state index >= 15 is 0 Å². The minimum absolute atomic E-state index is 0.626. The van der Waals surface area contributed by atoms with Gasteiger partial charge in [-0.15, -0.1) is 0 Å². The minimum atomic E-state index is 0.626. The number of halogens is 1. The highest BCUT2D eigenvalue weighted by atomic mass is 35.5. The third-order valence-corrected chi connectivity index (χ3v) is 2.64. The zero-order chi connectivity index (χ0) is 12.1. The number of hydrogen-bond acceptors (Lipinski definition) is 2. The Labute approximate surface area is 106 Å². The lowest BCUT2D eigenvalue weighted by Gasteiger charge is -2.08. The standard InChI is InChI=1S/C14H14ClNO/c1-16-10-11-7-8-14(13(15)9-11)17-12-5-3-2-4-6-12/h2-9,16H,10H2,1H3. The smallest absolute Gasteiger partial charge is 0.146 e. The van der Waals surface area contributed by atoms with Crippen LogP contribution in [-0.4, -0.2) is 7.05 Å². The van der Waals surface area contributed by atoms with Crippen LogP contribution in [0.25, 0.3) is 0 Å². The SMILES string of the molecule is CNCc1ccc(Oc2ccccc2)c(Cl)c1. The van der Waals surface area contributed by atoms with Crippen molar-refractivity contribution in [2.45, 2.75) is 6.54 Å². The Morgan fingerprint density at radius 2 is 1.88 bits per heavy atom. The third kappa shape index (κ3) is 3.22. The fraction of sp³-hybridized carbons (Fsp3) is 0.143. The lowest BCUT2D eigenvalue weighted by molar-refractivity contribution is 0.482. The Bertz CT molecular complexity index is 485. The first kappa shape index (κ1) is 12.0. The molecule has 2 rings (SSSR count). The zero-order valence-electron chi connectivity index (χ0n) is 9.61. The molecule has 17 heavy (non-hydrogen) atoms. The average Bonchev–Trinajstić information content (AvgIpc) is 2.34. The van der Waals surface area contributed by atoms with Crippen LogP contribution < -0.4 is 10.1 Å². The van der Waals surface area contributed by atoms with E-state index in [-0.39, 0.29) is 0 Å². The molecule has 0 saturated carbocycles. The maximum Gasteiger partial charge on any atom is 0.146 e. The van der Waals surface area contributed by atoms with Crippen molar-refractivity contribution in [2.75, 3.05) is 7.05 Å². The molecule has 2 nitrogen and oxygen atoms in total. The summed E-state index contributed by atoms with van der Waals surface area (Å²) in [6, 6.07) is 15.4. The maximum atomic E-state index is 6.16. The van der Waals surface area contributed by atoms with Crippen molar-refractivity contribution >= 4 is 11.6 Å². The van der Waals surface area contributed by atoms with Crippen LogP contribution in [0.1, 0.15) is 5.56 Å². The van der Waals surface area contributed by atoms with E-state index < -0.39 is 0 Å². The molecule has 3 heteroatoms. The Hall–Kier alpha value is -1.51. The van der Waals surface area contributed by atoms with E-state index in [1.54, 1.807) is 0 Å². The monoisotopic (exact) mass is 247 g/mol. The fourth-order valence-electron chi connectivity index (χ4n) is 1.56. The summed E-state index contributed by atoms with van der Waals surface area (Å²) in [5, 5.41) is 3.71. The van der Waals surface area contributed by atoms with E-state index in [0.29, 0.717) is 10.8 Å². The second kappa shape index (κ2) is 5.71. The molecule has 0 spiro atoms. The summed E-state index contributed by atoms with van der Waals surface area (Å²) in [5.41, 5.74) is 1.14. The number of nitrogens with one attached hydrogen (secondary N) is 1. The normalized spacial score (nSPS) is 10.2. The van der Waals surface area contributed by atoms with Crippen LogP contribution in [0.3, 0.4) is 0 Å². The molecule has 0 radical (unpaired) electrons. The van der Waals surface area contributed by atoms with Gasteiger partial charge >= 0.3 is 0 Å². The molecule has 0 heterocycles. The number of benzene rings is 2. The topological polar surface area (TPSA) is 21.3 Å². The summed E-state index contributed by atoms with van der Waals surface area (Å²) in [6.45, 7) is 0.797. The number of ether oxygens (including phenoxy) is 1. The van der Waals surface area contributed by atoms with Crippen LogP contribution in [0.4, 0.5) is 0 Å². The molecule has 0 saturated heterocycles. The van der Waals surface area contributed by atoms with Gasteiger partial charge in [0.25, 0.3) is 0 Å². The summed E-state index contributed by atoms with van der Waals surface area (Å²) in [5.74, 6) is 1.47. The highest BCUT2D eigenvalue weighted by Crippen LogP contribution is 2.29. The first-order chi connectivity index (χ1) is 8.29. The Morgan fingerprint density at radius 1 is 1.12 bits per heavy atom. The molecule has 0 fully saturated rings. The summed E-state index contributed by atoms with van der Waals surface area (Å²) in [6.07, 6.45) is 0. The first-order valence-electron chi connectivity index (χ1n) is 5.45. The van der Waals surface area contributed by atoms with E-state index in [1.165, 1.54) is 0 Å². The molecule has 0 aromatic heterocycles. The van der Waals surface area contributed by atoms with Gasteiger partial charge in [0.05, 0.1) is 5.02 Å². The highest BCUT2D eigenvalue weighted by molar-refractivity contribution is 6.32. The minimum Gasteiger partial charge on any atom is -0.456 e. The molecule has 0 atom stereocenters. The van der Waals surface area contributed by atoms with E-state index in [4.69, 9.17) is 16.3 Å². The van der Waals surface area contributed by atoms with Gasteiger partial charge < -0.3 is 10.1 Å². The third-order valence-electron chi connectivity index (χ3n) is 2.35. The number of rotatable bonds is 4. The number of hydrogen-bond donors (Lipinski definition) is 1. The van der Waals surface area contributed by atoms with Gasteiger partial charge in [0, 0.05) is 6.54 Å². The molecule has 0 aliphatic rings. The summed E-state index contributed by atoms with van der Waals surface area (Å²) < 4.78 is 5.69. The van der Waals surface area contributed by atoms with E-state index in [1.807, 2.05) is 55.6 Å². The van der Waals surface area contributed by atoms with Gasteiger partial charge in [-0.3, -0.25) is 0 Å². The maximum absolute atomic E-state index is 6.16. The molecule has 0 aliphatic heterocycles. The molecule has 1 N–H and O–H groups in total. The van der Waals surface area contributed by atoms with Gasteiger partial charge in [0.15, 0.2) is 0 Å². The quantitative estimate of drug-likeness (QED) is 0.886. The predicted molar refractivity (Wildman–Crippen MR) is 70.7 cm³/mol. The van der Waals surface area contributed by atoms with Crippen molar-refractivity contribution in [3.8, 4) is 11.5 Å². The van der Waals surface area contributed by atoms with Gasteiger partial charge in [-0.1, -0.05) is 35.9 Å². The molecular formula is C14H14ClNO. The summed E-state index contributed by atoms with van der Waals surface area (Å²) in [4.78, 5) is 0. The molecule has 88 valence electrons. The van der Waals surface area contributed by atoms with Gasteiger partial charge in [0.1, 0.15) is 11.5 Å². The van der Waals surface area contributed by atoms with Crippen molar-refractivity contribution in [2.24, 2.45) is 0 Å². The van der Waals surface area contributed by atoms with Crippen molar-refractivity contribution in [1.82, 2.24) is 5.32 Å². The largest absolute Gasteiger partial charge is 0.456 e. The predicted octanol–water partition coefficient (Wildman–Crippen LogP) is 3.85. The van der Waals surface area contributed by atoms with Crippen molar-refractivity contribution in [3.63, 3.8) is 0 Å². The summed E-state index contributed by atoms with van der Waals surface area (Å²) >= 11 is 6.16. The van der Waals surface area contributed by atoms with Crippen molar-refractivity contribution < 1.29 is 4.74 Å². The van der Waals surface area contributed by atoms with Gasteiger partial charge in [-0.05, 0) is 36.9 Å². The average molecular weight is 248 g/mol.